The maximum atomic E-state index is 12.4. The third-order valence-corrected chi connectivity index (χ3v) is 3.30. The van der Waals surface area contributed by atoms with Gasteiger partial charge < -0.3 is 15.0 Å². The minimum atomic E-state index is -0.462. The van der Waals surface area contributed by atoms with E-state index in [4.69, 9.17) is 4.74 Å². The van der Waals surface area contributed by atoms with E-state index in [1.54, 1.807) is 33.0 Å². The van der Waals surface area contributed by atoms with E-state index in [2.05, 4.69) is 15.3 Å². The molecular weight excluding hydrogens is 282 g/mol. The van der Waals surface area contributed by atoms with Crippen LogP contribution in [-0.4, -0.2) is 28.5 Å². The van der Waals surface area contributed by atoms with Crippen molar-refractivity contribution in [3.63, 3.8) is 0 Å². The van der Waals surface area contributed by atoms with Gasteiger partial charge in [0, 0.05) is 11.9 Å². The summed E-state index contributed by atoms with van der Waals surface area (Å²) in [5.74, 6) is -0.293. The van der Waals surface area contributed by atoms with E-state index in [0.717, 1.165) is 5.56 Å². The molecule has 6 nitrogen and oxygen atoms in total. The number of esters is 1. The van der Waals surface area contributed by atoms with Gasteiger partial charge in [0.25, 0.3) is 5.91 Å². The van der Waals surface area contributed by atoms with Crippen LogP contribution in [0, 0.1) is 20.8 Å². The lowest BCUT2D eigenvalue weighted by atomic mass is 10.1. The number of aromatic amines is 1. The zero-order chi connectivity index (χ0) is 16.3. The maximum Gasteiger partial charge on any atom is 0.355 e. The molecule has 0 aliphatic heterocycles. The van der Waals surface area contributed by atoms with Crippen molar-refractivity contribution in [1.82, 2.24) is 9.97 Å². The number of H-pyrrole nitrogens is 1. The van der Waals surface area contributed by atoms with Crippen molar-refractivity contribution in [2.75, 3.05) is 11.9 Å². The SMILES string of the molecule is CCOC(=O)c1[nH]c(C)c(C(=O)Nc2cc(C)ccn2)c1C. The first-order valence-corrected chi connectivity index (χ1v) is 7.04. The largest absolute Gasteiger partial charge is 0.461 e. The first-order chi connectivity index (χ1) is 10.4. The van der Waals surface area contributed by atoms with Crippen molar-refractivity contribution >= 4 is 17.7 Å². The lowest BCUT2D eigenvalue weighted by Crippen LogP contribution is -2.15. The van der Waals surface area contributed by atoms with Crippen LogP contribution in [0.3, 0.4) is 0 Å². The van der Waals surface area contributed by atoms with Gasteiger partial charge in [-0.05, 0) is 51.0 Å². The standard InChI is InChI=1S/C16H19N3O3/c1-5-22-16(21)14-10(3)13(11(4)18-14)15(20)19-12-8-9(2)6-7-17-12/h6-8,18H,5H2,1-4H3,(H,17,19,20). The van der Waals surface area contributed by atoms with E-state index in [9.17, 15) is 9.59 Å². The van der Waals surface area contributed by atoms with Crippen LogP contribution in [0.15, 0.2) is 18.3 Å². The summed E-state index contributed by atoms with van der Waals surface area (Å²) < 4.78 is 4.98. The number of hydrogen-bond donors (Lipinski definition) is 2. The molecule has 2 aromatic rings. The van der Waals surface area contributed by atoms with Crippen LogP contribution in [0.25, 0.3) is 0 Å². The van der Waals surface area contributed by atoms with Gasteiger partial charge in [0.1, 0.15) is 11.5 Å². The Morgan fingerprint density at radius 1 is 1.32 bits per heavy atom. The highest BCUT2D eigenvalue weighted by Crippen LogP contribution is 2.20. The first kappa shape index (κ1) is 15.8. The number of pyridine rings is 1. The average molecular weight is 301 g/mol. The maximum absolute atomic E-state index is 12.4. The zero-order valence-corrected chi connectivity index (χ0v) is 13.1. The van der Waals surface area contributed by atoms with Crippen LogP contribution in [0.5, 0.6) is 0 Å². The quantitative estimate of drug-likeness (QED) is 0.850. The number of ether oxygens (including phenoxy) is 1. The topological polar surface area (TPSA) is 84.1 Å². The Morgan fingerprint density at radius 2 is 2.05 bits per heavy atom. The molecule has 22 heavy (non-hydrogen) atoms. The fourth-order valence-corrected chi connectivity index (χ4v) is 2.28. The predicted octanol–water partition coefficient (Wildman–Crippen LogP) is 2.76. The Hall–Kier alpha value is -2.63. The van der Waals surface area contributed by atoms with Gasteiger partial charge in [-0.1, -0.05) is 0 Å². The van der Waals surface area contributed by atoms with Crippen LogP contribution in [0.4, 0.5) is 5.82 Å². The van der Waals surface area contributed by atoms with Crippen molar-refractivity contribution in [2.45, 2.75) is 27.7 Å². The molecule has 0 radical (unpaired) electrons. The van der Waals surface area contributed by atoms with Gasteiger partial charge in [0.15, 0.2) is 0 Å². The number of anilines is 1. The lowest BCUT2D eigenvalue weighted by Gasteiger charge is -2.06. The summed E-state index contributed by atoms with van der Waals surface area (Å²) >= 11 is 0. The van der Waals surface area contributed by atoms with Crippen LogP contribution in [0.1, 0.15) is 44.6 Å². The fraction of sp³-hybridized carbons (Fsp3) is 0.312. The predicted molar refractivity (Wildman–Crippen MR) is 83.2 cm³/mol. The second-order valence-electron chi connectivity index (χ2n) is 5.02. The summed E-state index contributed by atoms with van der Waals surface area (Å²) in [6.07, 6.45) is 1.63. The molecule has 0 atom stereocenters. The number of aromatic nitrogens is 2. The van der Waals surface area contributed by atoms with E-state index < -0.39 is 5.97 Å². The molecule has 116 valence electrons. The number of carbonyl (C=O) groups is 2. The minimum absolute atomic E-state index is 0.283. The molecule has 0 saturated heterocycles. The minimum Gasteiger partial charge on any atom is -0.461 e. The Labute approximate surface area is 128 Å². The van der Waals surface area contributed by atoms with Crippen LogP contribution in [0.2, 0.25) is 0 Å². The Kier molecular flexibility index (Phi) is 4.60. The van der Waals surface area contributed by atoms with Crippen molar-refractivity contribution in [3.8, 4) is 0 Å². The number of amides is 1. The van der Waals surface area contributed by atoms with Crippen LogP contribution >= 0.6 is 0 Å². The van der Waals surface area contributed by atoms with Gasteiger partial charge in [0.05, 0.1) is 12.2 Å². The molecule has 0 fully saturated rings. The molecule has 2 rings (SSSR count). The molecule has 0 aliphatic carbocycles. The molecular formula is C16H19N3O3. The third kappa shape index (κ3) is 3.16. The van der Waals surface area contributed by atoms with Gasteiger partial charge in [0.2, 0.25) is 0 Å². The number of nitrogens with zero attached hydrogens (tertiary/aromatic N) is 1. The number of carbonyl (C=O) groups excluding carboxylic acids is 2. The lowest BCUT2D eigenvalue weighted by molar-refractivity contribution is 0.0519. The Morgan fingerprint density at radius 3 is 2.68 bits per heavy atom. The van der Waals surface area contributed by atoms with Crippen molar-refractivity contribution in [2.24, 2.45) is 0 Å². The number of aryl methyl sites for hydroxylation is 2. The molecule has 6 heteroatoms. The van der Waals surface area contributed by atoms with Crippen molar-refractivity contribution in [1.29, 1.82) is 0 Å². The van der Waals surface area contributed by atoms with Gasteiger partial charge >= 0.3 is 5.97 Å². The monoisotopic (exact) mass is 301 g/mol. The van der Waals surface area contributed by atoms with E-state index in [0.29, 0.717) is 28.3 Å². The smallest absolute Gasteiger partial charge is 0.355 e. The highest BCUT2D eigenvalue weighted by atomic mass is 16.5. The highest BCUT2D eigenvalue weighted by molar-refractivity contribution is 6.07. The van der Waals surface area contributed by atoms with E-state index >= 15 is 0 Å². The van der Waals surface area contributed by atoms with Gasteiger partial charge in [-0.3, -0.25) is 4.79 Å². The average Bonchev–Trinajstić information content (AvgIpc) is 2.74. The van der Waals surface area contributed by atoms with Crippen LogP contribution < -0.4 is 5.32 Å². The fourth-order valence-electron chi connectivity index (χ4n) is 2.28. The second kappa shape index (κ2) is 6.43. The summed E-state index contributed by atoms with van der Waals surface area (Å²) in [5.41, 5.74) is 2.93. The Balaban J connectivity index is 2.28. The Bertz CT molecular complexity index is 719. The summed E-state index contributed by atoms with van der Waals surface area (Å²) in [5, 5.41) is 2.74. The highest BCUT2D eigenvalue weighted by Gasteiger charge is 2.22. The normalized spacial score (nSPS) is 10.4. The number of rotatable bonds is 4. The summed E-state index contributed by atoms with van der Waals surface area (Å²) in [7, 11) is 0. The molecule has 2 heterocycles. The molecule has 2 N–H and O–H groups in total. The molecule has 2 aromatic heterocycles. The second-order valence-corrected chi connectivity index (χ2v) is 5.02. The molecule has 0 bridgehead atoms. The van der Waals surface area contributed by atoms with E-state index in [1.807, 2.05) is 13.0 Å². The molecule has 0 unspecified atom stereocenters. The summed E-state index contributed by atoms with van der Waals surface area (Å²) in [6.45, 7) is 7.40. The molecule has 0 saturated carbocycles. The van der Waals surface area contributed by atoms with Gasteiger partial charge in [-0.2, -0.15) is 0 Å². The van der Waals surface area contributed by atoms with Gasteiger partial charge in [-0.25, -0.2) is 9.78 Å². The summed E-state index contributed by atoms with van der Waals surface area (Å²) in [4.78, 5) is 31.3. The first-order valence-electron chi connectivity index (χ1n) is 7.04. The third-order valence-electron chi connectivity index (χ3n) is 3.30. The van der Waals surface area contributed by atoms with E-state index in [-0.39, 0.29) is 12.5 Å². The van der Waals surface area contributed by atoms with Crippen LogP contribution in [-0.2, 0) is 4.74 Å². The number of hydrogen-bond acceptors (Lipinski definition) is 4. The van der Waals surface area contributed by atoms with Gasteiger partial charge in [-0.15, -0.1) is 0 Å². The zero-order valence-electron chi connectivity index (χ0n) is 13.1. The van der Waals surface area contributed by atoms with Crippen molar-refractivity contribution < 1.29 is 14.3 Å². The van der Waals surface area contributed by atoms with E-state index in [1.165, 1.54) is 0 Å². The number of nitrogens with one attached hydrogen (secondary N) is 2. The molecule has 0 aromatic carbocycles. The molecule has 0 aliphatic rings. The summed E-state index contributed by atoms with van der Waals surface area (Å²) in [6, 6.07) is 3.63. The molecule has 1 amide bonds. The molecule has 0 spiro atoms. The van der Waals surface area contributed by atoms with Crippen molar-refractivity contribution in [3.05, 3.63) is 46.4 Å².